The maximum Gasteiger partial charge on any atom is 0.0897 e. The van der Waals surface area contributed by atoms with Crippen LogP contribution in [0.4, 0.5) is 0 Å². The minimum absolute atomic E-state index is 0.127. The summed E-state index contributed by atoms with van der Waals surface area (Å²) >= 11 is 1.75. The topological polar surface area (TPSA) is 36.4 Å². The van der Waals surface area contributed by atoms with Crippen LogP contribution in [-0.2, 0) is 6.54 Å². The van der Waals surface area contributed by atoms with E-state index in [0.29, 0.717) is 0 Å². The van der Waals surface area contributed by atoms with E-state index in [1.807, 2.05) is 13.1 Å². The number of nitrogens with zero attached hydrogens (tertiary/aromatic N) is 2. The Hall–Kier alpha value is -0.450. The number of β-amino-alcohol motifs (C(OH)–C–C–N with tert-alkyl or cyclic N) is 1. The summed E-state index contributed by atoms with van der Waals surface area (Å²) in [4.78, 5) is 7.84. The molecule has 0 bridgehead atoms. The van der Waals surface area contributed by atoms with Gasteiger partial charge < -0.3 is 5.11 Å². The fourth-order valence-corrected chi connectivity index (χ4v) is 2.71. The molecule has 2 heterocycles. The number of aliphatic hydroxyl groups is 1. The molecule has 0 amide bonds. The molecule has 0 aliphatic carbocycles. The summed E-state index contributed by atoms with van der Waals surface area (Å²) < 4.78 is 0. The van der Waals surface area contributed by atoms with Gasteiger partial charge in [0, 0.05) is 24.2 Å². The predicted molar refractivity (Wildman–Crippen MR) is 57.4 cm³/mol. The quantitative estimate of drug-likeness (QED) is 0.805. The van der Waals surface area contributed by atoms with Gasteiger partial charge in [-0.25, -0.2) is 4.98 Å². The highest BCUT2D eigenvalue weighted by molar-refractivity contribution is 7.11. The first-order chi connectivity index (χ1) is 6.74. The molecular weight excluding hydrogens is 196 g/mol. The average Bonchev–Trinajstić information content (AvgIpc) is 2.51. The average molecular weight is 212 g/mol. The fourth-order valence-electron chi connectivity index (χ4n) is 1.87. The summed E-state index contributed by atoms with van der Waals surface area (Å²) in [6.07, 6.45) is 3.88. The zero-order valence-corrected chi connectivity index (χ0v) is 9.26. The van der Waals surface area contributed by atoms with Crippen molar-refractivity contribution in [2.75, 3.05) is 13.1 Å². The molecule has 0 aromatic carbocycles. The molecule has 1 aromatic rings. The molecule has 1 aliphatic heterocycles. The first-order valence-electron chi connectivity index (χ1n) is 5.06. The van der Waals surface area contributed by atoms with Crippen molar-refractivity contribution in [2.24, 2.45) is 0 Å². The van der Waals surface area contributed by atoms with E-state index in [1.165, 1.54) is 4.88 Å². The van der Waals surface area contributed by atoms with E-state index in [4.69, 9.17) is 0 Å². The highest BCUT2D eigenvalue weighted by Gasteiger charge is 2.17. The molecule has 78 valence electrons. The molecule has 0 saturated carbocycles. The van der Waals surface area contributed by atoms with Crippen molar-refractivity contribution in [3.63, 3.8) is 0 Å². The number of thiazole rings is 1. The van der Waals surface area contributed by atoms with Gasteiger partial charge in [0.2, 0.25) is 0 Å². The Bertz CT molecular complexity index is 300. The zero-order chi connectivity index (χ0) is 9.97. The Morgan fingerprint density at radius 1 is 1.71 bits per heavy atom. The number of rotatable bonds is 2. The smallest absolute Gasteiger partial charge is 0.0897 e. The lowest BCUT2D eigenvalue weighted by atomic mass is 10.1. The molecular formula is C10H16N2OS. The Kier molecular flexibility index (Phi) is 3.15. The van der Waals surface area contributed by atoms with Crippen LogP contribution in [0.5, 0.6) is 0 Å². The monoisotopic (exact) mass is 212 g/mol. The second kappa shape index (κ2) is 4.38. The molecule has 0 unspecified atom stereocenters. The number of aliphatic hydroxyl groups excluding tert-OH is 1. The van der Waals surface area contributed by atoms with Crippen LogP contribution in [0.2, 0.25) is 0 Å². The van der Waals surface area contributed by atoms with Crippen LogP contribution in [0.1, 0.15) is 22.7 Å². The number of hydrogen-bond acceptors (Lipinski definition) is 4. The molecule has 0 radical (unpaired) electrons. The molecule has 1 aliphatic rings. The molecule has 4 heteroatoms. The third-order valence-electron chi connectivity index (χ3n) is 2.53. The lowest BCUT2D eigenvalue weighted by Gasteiger charge is -2.29. The summed E-state index contributed by atoms with van der Waals surface area (Å²) in [7, 11) is 0. The molecule has 3 nitrogen and oxygen atoms in total. The van der Waals surface area contributed by atoms with Crippen LogP contribution >= 0.6 is 11.3 Å². The largest absolute Gasteiger partial charge is 0.392 e. The van der Waals surface area contributed by atoms with Gasteiger partial charge in [-0.05, 0) is 26.3 Å². The van der Waals surface area contributed by atoms with Crippen LogP contribution in [0.3, 0.4) is 0 Å². The maximum atomic E-state index is 9.51. The second-order valence-electron chi connectivity index (χ2n) is 3.88. The molecule has 1 atom stereocenters. The van der Waals surface area contributed by atoms with Crippen molar-refractivity contribution in [1.82, 2.24) is 9.88 Å². The summed E-state index contributed by atoms with van der Waals surface area (Å²) in [5.41, 5.74) is 0. The van der Waals surface area contributed by atoms with E-state index in [-0.39, 0.29) is 6.10 Å². The van der Waals surface area contributed by atoms with Crippen LogP contribution in [0.25, 0.3) is 0 Å². The first-order valence-corrected chi connectivity index (χ1v) is 5.87. The number of piperidine rings is 1. The van der Waals surface area contributed by atoms with Crippen molar-refractivity contribution < 1.29 is 5.11 Å². The molecule has 1 fully saturated rings. The maximum absolute atomic E-state index is 9.51. The van der Waals surface area contributed by atoms with Crippen molar-refractivity contribution in [2.45, 2.75) is 32.4 Å². The lowest BCUT2D eigenvalue weighted by molar-refractivity contribution is 0.0673. The lowest BCUT2D eigenvalue weighted by Crippen LogP contribution is -2.37. The Labute approximate surface area is 88.4 Å². The third kappa shape index (κ3) is 2.53. The van der Waals surface area contributed by atoms with Crippen LogP contribution in [-0.4, -0.2) is 34.2 Å². The molecule has 14 heavy (non-hydrogen) atoms. The molecule has 1 aromatic heterocycles. The highest BCUT2D eigenvalue weighted by atomic mass is 32.1. The van der Waals surface area contributed by atoms with Gasteiger partial charge in [0.05, 0.1) is 11.1 Å². The minimum atomic E-state index is -0.127. The van der Waals surface area contributed by atoms with E-state index in [2.05, 4.69) is 9.88 Å². The van der Waals surface area contributed by atoms with Gasteiger partial charge in [0.25, 0.3) is 0 Å². The zero-order valence-electron chi connectivity index (χ0n) is 8.44. The Morgan fingerprint density at radius 2 is 2.57 bits per heavy atom. The summed E-state index contributed by atoms with van der Waals surface area (Å²) in [5.74, 6) is 0. The van der Waals surface area contributed by atoms with Crippen molar-refractivity contribution in [3.05, 3.63) is 16.1 Å². The van der Waals surface area contributed by atoms with Crippen molar-refractivity contribution in [3.8, 4) is 0 Å². The van der Waals surface area contributed by atoms with Crippen molar-refractivity contribution >= 4 is 11.3 Å². The van der Waals surface area contributed by atoms with E-state index < -0.39 is 0 Å². The van der Waals surface area contributed by atoms with Crippen LogP contribution < -0.4 is 0 Å². The summed E-state index contributed by atoms with van der Waals surface area (Å²) in [6, 6.07) is 0. The third-order valence-corrected chi connectivity index (χ3v) is 3.43. The van der Waals surface area contributed by atoms with Crippen LogP contribution in [0.15, 0.2) is 6.20 Å². The van der Waals surface area contributed by atoms with E-state index in [1.54, 1.807) is 11.3 Å². The van der Waals surface area contributed by atoms with Gasteiger partial charge in [-0.15, -0.1) is 11.3 Å². The van der Waals surface area contributed by atoms with Crippen molar-refractivity contribution in [1.29, 1.82) is 0 Å². The molecule has 0 spiro atoms. The Morgan fingerprint density at radius 3 is 3.21 bits per heavy atom. The molecule has 1 N–H and O–H groups in total. The van der Waals surface area contributed by atoms with E-state index in [0.717, 1.165) is 37.5 Å². The number of aromatic nitrogens is 1. The van der Waals surface area contributed by atoms with Gasteiger partial charge in [-0.1, -0.05) is 0 Å². The van der Waals surface area contributed by atoms with Gasteiger partial charge in [0.1, 0.15) is 0 Å². The first kappa shape index (κ1) is 10.1. The minimum Gasteiger partial charge on any atom is -0.392 e. The van der Waals surface area contributed by atoms with Gasteiger partial charge >= 0.3 is 0 Å². The Balaban J connectivity index is 1.90. The fraction of sp³-hybridized carbons (Fsp3) is 0.700. The standard InChI is InChI=1S/C10H16N2OS/c1-8-11-5-10(14-8)7-12-4-2-3-9(13)6-12/h5,9,13H,2-4,6-7H2,1H3/t9-/m0/s1. The highest BCUT2D eigenvalue weighted by Crippen LogP contribution is 2.17. The predicted octanol–water partition coefficient (Wildman–Crippen LogP) is 1.41. The number of likely N-dealkylation sites (tertiary alicyclic amines) is 1. The van der Waals surface area contributed by atoms with Gasteiger partial charge in [-0.2, -0.15) is 0 Å². The van der Waals surface area contributed by atoms with Gasteiger partial charge in [0.15, 0.2) is 0 Å². The molecule has 2 rings (SSSR count). The van der Waals surface area contributed by atoms with E-state index in [9.17, 15) is 5.11 Å². The normalized spacial score (nSPS) is 24.0. The summed E-state index contributed by atoms with van der Waals surface area (Å²) in [5, 5.41) is 10.6. The molecule has 1 saturated heterocycles. The second-order valence-corrected chi connectivity index (χ2v) is 5.20. The van der Waals surface area contributed by atoms with Crippen LogP contribution in [0, 0.1) is 6.92 Å². The number of hydrogen-bond donors (Lipinski definition) is 1. The van der Waals surface area contributed by atoms with E-state index >= 15 is 0 Å². The summed E-state index contributed by atoms with van der Waals surface area (Å²) in [6.45, 7) is 4.90. The van der Waals surface area contributed by atoms with Gasteiger partial charge in [-0.3, -0.25) is 4.90 Å². The SMILES string of the molecule is Cc1ncc(CN2CCC[C@H](O)C2)s1. The number of aryl methyl sites for hydroxylation is 1.